The van der Waals surface area contributed by atoms with Crippen LogP contribution in [0.15, 0.2) is 53.1 Å². The molecule has 0 saturated heterocycles. The first-order valence-electron chi connectivity index (χ1n) is 7.80. The van der Waals surface area contributed by atoms with Gasteiger partial charge in [0.1, 0.15) is 11.6 Å². The Morgan fingerprint density at radius 1 is 1.04 bits per heavy atom. The summed E-state index contributed by atoms with van der Waals surface area (Å²) < 4.78 is 14.8. The van der Waals surface area contributed by atoms with E-state index in [-0.39, 0.29) is 11.9 Å². The van der Waals surface area contributed by atoms with Gasteiger partial charge in [0, 0.05) is 22.8 Å². The summed E-state index contributed by atoms with van der Waals surface area (Å²) >= 11 is 3.25. The minimum Gasteiger partial charge on any atom is -0.352 e. The van der Waals surface area contributed by atoms with E-state index >= 15 is 0 Å². The molecule has 128 valence electrons. The van der Waals surface area contributed by atoms with Gasteiger partial charge in [-0.15, -0.1) is 0 Å². The molecule has 0 spiro atoms. The molecule has 0 fully saturated rings. The third-order valence-corrected chi connectivity index (χ3v) is 3.76. The molecule has 7 heteroatoms. The van der Waals surface area contributed by atoms with E-state index in [2.05, 4.69) is 41.5 Å². The molecule has 0 bridgehead atoms. The van der Waals surface area contributed by atoms with Crippen LogP contribution in [0.1, 0.15) is 13.8 Å². The maximum absolute atomic E-state index is 14.1. The van der Waals surface area contributed by atoms with Crippen molar-refractivity contribution in [2.24, 2.45) is 0 Å². The molecule has 0 amide bonds. The van der Waals surface area contributed by atoms with Crippen LogP contribution in [0, 0.1) is 5.82 Å². The van der Waals surface area contributed by atoms with Gasteiger partial charge in [0.05, 0.1) is 17.1 Å². The fraction of sp³-hybridized carbons (Fsp3) is 0.167. The lowest BCUT2D eigenvalue weighted by Gasteiger charge is -2.13. The Hall–Kier alpha value is -2.54. The van der Waals surface area contributed by atoms with E-state index in [1.54, 1.807) is 24.4 Å². The highest BCUT2D eigenvalue weighted by molar-refractivity contribution is 9.10. The molecule has 3 rings (SSSR count). The van der Waals surface area contributed by atoms with Gasteiger partial charge in [0.15, 0.2) is 0 Å². The zero-order chi connectivity index (χ0) is 17.8. The summed E-state index contributed by atoms with van der Waals surface area (Å²) in [7, 11) is 0. The lowest BCUT2D eigenvalue weighted by Crippen LogP contribution is -2.13. The number of nitrogens with one attached hydrogen (secondary N) is 2. The van der Waals surface area contributed by atoms with Crippen LogP contribution in [0.4, 0.5) is 21.8 Å². The first-order valence-corrected chi connectivity index (χ1v) is 8.59. The summed E-state index contributed by atoms with van der Waals surface area (Å²) in [5.41, 5.74) is 1.71. The van der Waals surface area contributed by atoms with Crippen LogP contribution >= 0.6 is 15.9 Å². The first-order chi connectivity index (χ1) is 12.0. The van der Waals surface area contributed by atoms with E-state index < -0.39 is 0 Å². The van der Waals surface area contributed by atoms with Gasteiger partial charge in [-0.2, -0.15) is 4.98 Å². The minimum absolute atomic E-state index is 0.163. The van der Waals surface area contributed by atoms with Gasteiger partial charge < -0.3 is 10.6 Å². The molecule has 0 aliphatic carbocycles. The molecule has 0 unspecified atom stereocenters. The number of benzene rings is 1. The van der Waals surface area contributed by atoms with Crippen LogP contribution in [-0.4, -0.2) is 21.0 Å². The van der Waals surface area contributed by atoms with E-state index in [0.717, 1.165) is 5.69 Å². The summed E-state index contributed by atoms with van der Waals surface area (Å²) in [4.78, 5) is 13.2. The first kappa shape index (κ1) is 17.3. The molecule has 0 aliphatic heterocycles. The van der Waals surface area contributed by atoms with Crippen molar-refractivity contribution in [3.63, 3.8) is 0 Å². The number of rotatable bonds is 5. The Morgan fingerprint density at radius 3 is 2.56 bits per heavy atom. The number of nitrogens with zero attached hydrogens (tertiary/aromatic N) is 3. The molecule has 5 nitrogen and oxygen atoms in total. The largest absolute Gasteiger partial charge is 0.352 e. The molecule has 2 N–H and O–H groups in total. The van der Waals surface area contributed by atoms with E-state index in [1.165, 1.54) is 6.07 Å². The van der Waals surface area contributed by atoms with Gasteiger partial charge in [-0.25, -0.2) is 9.37 Å². The normalized spacial score (nSPS) is 10.8. The van der Waals surface area contributed by atoms with Crippen LogP contribution in [0.5, 0.6) is 0 Å². The van der Waals surface area contributed by atoms with Crippen molar-refractivity contribution >= 4 is 33.4 Å². The van der Waals surface area contributed by atoms with E-state index in [4.69, 9.17) is 0 Å². The summed E-state index contributed by atoms with van der Waals surface area (Å²) in [6, 6.07) is 12.3. The second kappa shape index (κ2) is 7.57. The van der Waals surface area contributed by atoms with Gasteiger partial charge >= 0.3 is 0 Å². The minimum atomic E-state index is -0.370. The molecule has 0 atom stereocenters. The Balaban J connectivity index is 2.00. The van der Waals surface area contributed by atoms with Crippen molar-refractivity contribution in [3.05, 3.63) is 59.0 Å². The van der Waals surface area contributed by atoms with Crippen molar-refractivity contribution in [2.75, 3.05) is 10.6 Å². The Labute approximate surface area is 153 Å². The number of anilines is 3. The van der Waals surface area contributed by atoms with E-state index in [0.29, 0.717) is 27.6 Å². The predicted octanol–water partition coefficient (Wildman–Crippen LogP) is 5.00. The molecule has 2 aromatic heterocycles. The summed E-state index contributed by atoms with van der Waals surface area (Å²) in [6.07, 6.45) is 1.70. The predicted molar refractivity (Wildman–Crippen MR) is 101 cm³/mol. The highest BCUT2D eigenvalue weighted by Gasteiger charge is 2.10. The van der Waals surface area contributed by atoms with Crippen molar-refractivity contribution in [1.82, 2.24) is 15.0 Å². The van der Waals surface area contributed by atoms with Crippen molar-refractivity contribution in [1.29, 1.82) is 0 Å². The second-order valence-electron chi connectivity index (χ2n) is 5.73. The topological polar surface area (TPSA) is 62.7 Å². The van der Waals surface area contributed by atoms with Crippen molar-refractivity contribution in [3.8, 4) is 11.4 Å². The molecule has 0 radical (unpaired) electrons. The number of hydrogen-bond donors (Lipinski definition) is 2. The van der Waals surface area contributed by atoms with Crippen LogP contribution in [0.2, 0.25) is 0 Å². The maximum Gasteiger partial charge on any atom is 0.225 e. The standard InChI is InChI=1S/C18H17BrFN5/c1-11(2)22-18-24-16(15-5-3-4-8-21-15)10-17(25-18)23-14-7-6-12(19)9-13(14)20/h3-11H,1-2H3,(H2,22,23,24,25). The molecular formula is C18H17BrFN5. The summed E-state index contributed by atoms with van der Waals surface area (Å²) in [6.45, 7) is 4.00. The smallest absolute Gasteiger partial charge is 0.225 e. The van der Waals surface area contributed by atoms with Crippen LogP contribution in [0.25, 0.3) is 11.4 Å². The number of pyridine rings is 1. The lowest BCUT2D eigenvalue weighted by atomic mass is 10.2. The fourth-order valence-corrected chi connectivity index (χ4v) is 2.54. The summed E-state index contributed by atoms with van der Waals surface area (Å²) in [5.74, 6) is 0.573. The second-order valence-corrected chi connectivity index (χ2v) is 6.64. The lowest BCUT2D eigenvalue weighted by molar-refractivity contribution is 0.631. The monoisotopic (exact) mass is 401 g/mol. The average Bonchev–Trinajstić information content (AvgIpc) is 2.57. The zero-order valence-electron chi connectivity index (χ0n) is 13.8. The molecule has 2 heterocycles. The SMILES string of the molecule is CC(C)Nc1nc(Nc2ccc(Br)cc2F)cc(-c2ccccn2)n1. The molecule has 25 heavy (non-hydrogen) atoms. The highest BCUT2D eigenvalue weighted by atomic mass is 79.9. The Kier molecular flexibility index (Phi) is 5.23. The van der Waals surface area contributed by atoms with Crippen LogP contribution in [-0.2, 0) is 0 Å². The van der Waals surface area contributed by atoms with Gasteiger partial charge in [-0.05, 0) is 44.2 Å². The maximum atomic E-state index is 14.1. The zero-order valence-corrected chi connectivity index (χ0v) is 15.4. The Bertz CT molecular complexity index is 871. The molecule has 0 saturated carbocycles. The van der Waals surface area contributed by atoms with E-state index in [1.807, 2.05) is 32.0 Å². The third-order valence-electron chi connectivity index (χ3n) is 3.27. The van der Waals surface area contributed by atoms with Crippen molar-refractivity contribution in [2.45, 2.75) is 19.9 Å². The fourth-order valence-electron chi connectivity index (χ4n) is 2.21. The number of halogens is 2. The summed E-state index contributed by atoms with van der Waals surface area (Å²) in [5, 5.41) is 6.18. The van der Waals surface area contributed by atoms with Gasteiger partial charge in [0.25, 0.3) is 0 Å². The number of hydrogen-bond acceptors (Lipinski definition) is 5. The highest BCUT2D eigenvalue weighted by Crippen LogP contribution is 2.25. The van der Waals surface area contributed by atoms with Gasteiger partial charge in [-0.3, -0.25) is 4.98 Å². The van der Waals surface area contributed by atoms with Crippen molar-refractivity contribution < 1.29 is 4.39 Å². The average molecular weight is 402 g/mol. The van der Waals surface area contributed by atoms with Gasteiger partial charge in [-0.1, -0.05) is 22.0 Å². The molecule has 1 aromatic carbocycles. The third kappa shape index (κ3) is 4.51. The Morgan fingerprint density at radius 2 is 1.88 bits per heavy atom. The molecule has 0 aliphatic rings. The quantitative estimate of drug-likeness (QED) is 0.629. The van der Waals surface area contributed by atoms with Crippen LogP contribution in [0.3, 0.4) is 0 Å². The molecular weight excluding hydrogens is 385 g/mol. The number of aromatic nitrogens is 3. The van der Waals surface area contributed by atoms with E-state index in [9.17, 15) is 4.39 Å². The van der Waals surface area contributed by atoms with Crippen LogP contribution < -0.4 is 10.6 Å². The molecule has 3 aromatic rings. The van der Waals surface area contributed by atoms with Gasteiger partial charge in [0.2, 0.25) is 5.95 Å².